The van der Waals surface area contributed by atoms with Crippen LogP contribution in [0.2, 0.25) is 0 Å². The lowest BCUT2D eigenvalue weighted by Gasteiger charge is -2.16. The summed E-state index contributed by atoms with van der Waals surface area (Å²) in [5.74, 6) is -0.261. The largest absolute Gasteiger partial charge is 0.445 e. The van der Waals surface area contributed by atoms with Gasteiger partial charge >= 0.3 is 6.09 Å². The van der Waals surface area contributed by atoms with E-state index in [1.54, 1.807) is 18.2 Å². The topological polar surface area (TPSA) is 112 Å². The number of primary amides is 1. The van der Waals surface area contributed by atoms with Crippen molar-refractivity contribution in [2.75, 3.05) is 12.3 Å². The van der Waals surface area contributed by atoms with Gasteiger partial charge in [0.15, 0.2) is 9.84 Å². The van der Waals surface area contributed by atoms with E-state index in [1.807, 2.05) is 0 Å². The van der Waals surface area contributed by atoms with Crippen molar-refractivity contribution in [1.29, 1.82) is 0 Å². The molecule has 118 valence electrons. The van der Waals surface area contributed by atoms with E-state index in [1.165, 1.54) is 12.1 Å². The highest BCUT2D eigenvalue weighted by Crippen LogP contribution is 2.16. The van der Waals surface area contributed by atoms with E-state index in [9.17, 15) is 13.2 Å². The van der Waals surface area contributed by atoms with Gasteiger partial charge in [-0.25, -0.2) is 13.2 Å². The Hall–Kier alpha value is -1.60. The number of hydrogen-bond acceptors (Lipinski definition) is 5. The Kier molecular flexibility index (Phi) is 7.18. The molecule has 1 atom stereocenters. The number of hydrogen-bond donors (Lipinski definition) is 2. The molecule has 21 heavy (non-hydrogen) atoms. The lowest BCUT2D eigenvalue weighted by molar-refractivity contribution is 0.111. The lowest BCUT2D eigenvalue weighted by atomic mass is 10.1. The molecule has 0 heterocycles. The highest BCUT2D eigenvalue weighted by Gasteiger charge is 2.23. The van der Waals surface area contributed by atoms with Crippen LogP contribution in [0.4, 0.5) is 4.79 Å². The summed E-state index contributed by atoms with van der Waals surface area (Å²) in [5, 5.41) is 0. The first-order valence-electron chi connectivity index (χ1n) is 6.89. The predicted octanol–water partition coefficient (Wildman–Crippen LogP) is 1.44. The van der Waals surface area contributed by atoms with Crippen molar-refractivity contribution < 1.29 is 17.9 Å². The van der Waals surface area contributed by atoms with Crippen LogP contribution in [0.25, 0.3) is 0 Å². The Labute approximate surface area is 125 Å². The number of nitrogens with two attached hydrogens (primary N) is 2. The molecule has 1 unspecified atom stereocenters. The fourth-order valence-corrected chi connectivity index (χ4v) is 3.49. The molecule has 0 fully saturated rings. The molecule has 1 aromatic rings. The normalized spacial score (nSPS) is 12.8. The maximum absolute atomic E-state index is 12.3. The molecule has 0 saturated heterocycles. The van der Waals surface area contributed by atoms with E-state index >= 15 is 0 Å². The van der Waals surface area contributed by atoms with Gasteiger partial charge < -0.3 is 16.2 Å². The van der Waals surface area contributed by atoms with Crippen molar-refractivity contribution in [3.05, 3.63) is 30.3 Å². The minimum absolute atomic E-state index is 0.213. The standard InChI is InChI=1S/C14H22N2O4S/c15-10-6-2-3-7-12(20-14(16)17)11-21(18,19)13-8-4-1-5-9-13/h1,4-5,8-9,12H,2-3,6-7,10-11,15H2,(H2,16,17). The van der Waals surface area contributed by atoms with Crippen molar-refractivity contribution in [1.82, 2.24) is 0 Å². The van der Waals surface area contributed by atoms with E-state index < -0.39 is 22.0 Å². The van der Waals surface area contributed by atoms with Gasteiger partial charge in [0.2, 0.25) is 0 Å². The van der Waals surface area contributed by atoms with Crippen molar-refractivity contribution in [3.63, 3.8) is 0 Å². The average molecular weight is 314 g/mol. The minimum atomic E-state index is -3.51. The van der Waals surface area contributed by atoms with E-state index in [2.05, 4.69) is 0 Å². The zero-order chi connectivity index (χ0) is 15.7. The average Bonchev–Trinajstić information content (AvgIpc) is 2.43. The highest BCUT2D eigenvalue weighted by molar-refractivity contribution is 7.91. The van der Waals surface area contributed by atoms with E-state index in [-0.39, 0.29) is 10.6 Å². The van der Waals surface area contributed by atoms with Crippen LogP contribution in [0.1, 0.15) is 25.7 Å². The summed E-state index contributed by atoms with van der Waals surface area (Å²) in [6.07, 6.45) is 1.22. The molecule has 1 amide bonds. The molecule has 1 rings (SSSR count). The molecule has 6 nitrogen and oxygen atoms in total. The second-order valence-corrected chi connectivity index (χ2v) is 6.83. The van der Waals surface area contributed by atoms with Crippen LogP contribution < -0.4 is 11.5 Å². The molecule has 0 aromatic heterocycles. The van der Waals surface area contributed by atoms with Gasteiger partial charge in [-0.3, -0.25) is 0 Å². The zero-order valence-electron chi connectivity index (χ0n) is 11.9. The molecule has 0 aliphatic heterocycles. The summed E-state index contributed by atoms with van der Waals surface area (Å²) in [5.41, 5.74) is 10.4. The van der Waals surface area contributed by atoms with Crippen molar-refractivity contribution in [2.45, 2.75) is 36.7 Å². The summed E-state index contributed by atoms with van der Waals surface area (Å²) in [7, 11) is -3.51. The van der Waals surface area contributed by atoms with Crippen LogP contribution in [0.5, 0.6) is 0 Å². The Morgan fingerprint density at radius 1 is 1.14 bits per heavy atom. The van der Waals surface area contributed by atoms with E-state index in [4.69, 9.17) is 16.2 Å². The van der Waals surface area contributed by atoms with Crippen LogP contribution in [0.15, 0.2) is 35.2 Å². The fraction of sp³-hybridized carbons (Fsp3) is 0.500. The quantitative estimate of drug-likeness (QED) is 0.670. The third-order valence-electron chi connectivity index (χ3n) is 3.02. The molecule has 7 heteroatoms. The van der Waals surface area contributed by atoms with Gasteiger partial charge in [0.1, 0.15) is 6.10 Å². The summed E-state index contributed by atoms with van der Waals surface area (Å²) in [4.78, 5) is 11.1. The van der Waals surface area contributed by atoms with Gasteiger partial charge in [-0.2, -0.15) is 0 Å². The summed E-state index contributed by atoms with van der Waals surface area (Å²) in [6, 6.07) is 8.08. The number of carbonyl (C=O) groups is 1. The van der Waals surface area contributed by atoms with Crippen LogP contribution in [0.3, 0.4) is 0 Å². The van der Waals surface area contributed by atoms with E-state index in [0.29, 0.717) is 13.0 Å². The number of rotatable bonds is 9. The molecule has 0 bridgehead atoms. The van der Waals surface area contributed by atoms with Crippen LogP contribution in [0, 0.1) is 0 Å². The van der Waals surface area contributed by atoms with Gasteiger partial charge in [-0.1, -0.05) is 24.6 Å². The third-order valence-corrected chi connectivity index (χ3v) is 4.82. The Morgan fingerprint density at radius 3 is 2.38 bits per heavy atom. The van der Waals surface area contributed by atoms with Crippen molar-refractivity contribution in [2.24, 2.45) is 11.5 Å². The molecule has 0 spiro atoms. The van der Waals surface area contributed by atoms with E-state index in [0.717, 1.165) is 19.3 Å². The van der Waals surface area contributed by atoms with Crippen LogP contribution in [-0.2, 0) is 14.6 Å². The molecular weight excluding hydrogens is 292 g/mol. The summed E-state index contributed by atoms with van der Waals surface area (Å²) >= 11 is 0. The summed E-state index contributed by atoms with van der Waals surface area (Å²) < 4.78 is 29.4. The molecule has 4 N–H and O–H groups in total. The first-order chi connectivity index (χ1) is 9.95. The van der Waals surface area contributed by atoms with Gasteiger partial charge in [0.05, 0.1) is 10.6 Å². The second kappa shape index (κ2) is 8.63. The van der Waals surface area contributed by atoms with Gasteiger partial charge in [0, 0.05) is 0 Å². The SMILES string of the molecule is NCCCCCC(CS(=O)(=O)c1ccccc1)OC(N)=O. The molecule has 0 aliphatic rings. The van der Waals surface area contributed by atoms with Gasteiger partial charge in [0.25, 0.3) is 0 Å². The molecular formula is C14H22N2O4S. The number of carbonyl (C=O) groups excluding carboxylic acids is 1. The maximum Gasteiger partial charge on any atom is 0.404 e. The molecule has 0 radical (unpaired) electrons. The zero-order valence-corrected chi connectivity index (χ0v) is 12.7. The Balaban J connectivity index is 2.68. The van der Waals surface area contributed by atoms with Gasteiger partial charge in [-0.05, 0) is 37.9 Å². The number of ether oxygens (including phenoxy) is 1. The minimum Gasteiger partial charge on any atom is -0.445 e. The van der Waals surface area contributed by atoms with Crippen molar-refractivity contribution >= 4 is 15.9 Å². The van der Waals surface area contributed by atoms with Crippen LogP contribution >= 0.6 is 0 Å². The number of benzene rings is 1. The first-order valence-corrected chi connectivity index (χ1v) is 8.55. The number of sulfone groups is 1. The first kappa shape index (κ1) is 17.5. The monoisotopic (exact) mass is 314 g/mol. The fourth-order valence-electron chi connectivity index (χ4n) is 2.00. The van der Waals surface area contributed by atoms with Crippen molar-refractivity contribution in [3.8, 4) is 0 Å². The number of unbranched alkanes of at least 4 members (excludes halogenated alkanes) is 2. The Morgan fingerprint density at radius 2 is 1.81 bits per heavy atom. The molecule has 1 aromatic carbocycles. The Bertz CT molecular complexity index is 531. The highest BCUT2D eigenvalue weighted by atomic mass is 32.2. The lowest BCUT2D eigenvalue weighted by Crippen LogP contribution is -2.29. The smallest absolute Gasteiger partial charge is 0.404 e. The predicted molar refractivity (Wildman–Crippen MR) is 80.5 cm³/mol. The third kappa shape index (κ3) is 6.59. The number of amides is 1. The maximum atomic E-state index is 12.3. The summed E-state index contributed by atoms with van der Waals surface area (Å²) in [6.45, 7) is 0.587. The van der Waals surface area contributed by atoms with Gasteiger partial charge in [-0.15, -0.1) is 0 Å². The molecule has 0 aliphatic carbocycles. The second-order valence-electron chi connectivity index (χ2n) is 4.79. The van der Waals surface area contributed by atoms with Crippen LogP contribution in [-0.4, -0.2) is 32.9 Å². The molecule has 0 saturated carbocycles.